The summed E-state index contributed by atoms with van der Waals surface area (Å²) in [7, 11) is -1.22. The van der Waals surface area contributed by atoms with Crippen molar-refractivity contribution >= 4 is 39.8 Å². The average Bonchev–Trinajstić information content (AvgIpc) is 2.61. The summed E-state index contributed by atoms with van der Waals surface area (Å²) in [4.78, 5) is 1.37. The molecule has 0 N–H and O–H groups in total. The van der Waals surface area contributed by atoms with Gasteiger partial charge in [-0.25, -0.2) is 0 Å². The van der Waals surface area contributed by atoms with Crippen LogP contribution in [0.15, 0.2) is 40.9 Å². The molecule has 1 heterocycles. The number of hydrogen-bond acceptors (Lipinski definition) is 1. The van der Waals surface area contributed by atoms with Gasteiger partial charge in [0.2, 0.25) is 0 Å². The second-order valence-corrected chi connectivity index (χ2v) is 12.2. The maximum Gasteiger partial charge on any atom is 0.0919 e. The molecule has 0 aliphatic carbocycles. The second-order valence-electron chi connectivity index (χ2n) is 4.90. The largest absolute Gasteiger partial charge is 0.144 e. The van der Waals surface area contributed by atoms with Crippen molar-refractivity contribution in [1.82, 2.24) is 0 Å². The van der Waals surface area contributed by atoms with Crippen molar-refractivity contribution in [3.63, 3.8) is 0 Å². The van der Waals surface area contributed by atoms with E-state index in [0.29, 0.717) is 0 Å². The molecule has 2 rings (SSSR count). The third-order valence-corrected chi connectivity index (χ3v) is 8.45. The molecular formula is C13H15BrSSi. The Hall–Kier alpha value is -0.383. The summed E-state index contributed by atoms with van der Waals surface area (Å²) in [6, 6.07) is 12.9. The molecule has 0 nitrogen and oxygen atoms in total. The maximum atomic E-state index is 3.70. The fourth-order valence-electron chi connectivity index (χ4n) is 1.62. The molecular weight excluding hydrogens is 296 g/mol. The fraction of sp³-hybridized carbons (Fsp3) is 0.231. The number of rotatable bonds is 2. The topological polar surface area (TPSA) is 0 Å². The highest BCUT2D eigenvalue weighted by molar-refractivity contribution is 9.10. The SMILES string of the molecule is C[Si](C)(C)c1sc(-c2ccccc2)cc1Br. The van der Waals surface area contributed by atoms with Crippen molar-refractivity contribution in [3.8, 4) is 10.4 Å². The summed E-state index contributed by atoms with van der Waals surface area (Å²) < 4.78 is 2.84. The van der Waals surface area contributed by atoms with Crippen molar-refractivity contribution in [2.45, 2.75) is 19.6 Å². The Morgan fingerprint density at radius 3 is 2.19 bits per heavy atom. The van der Waals surface area contributed by atoms with Crippen LogP contribution in [0.2, 0.25) is 19.6 Å². The molecule has 3 heteroatoms. The summed E-state index contributed by atoms with van der Waals surface area (Å²) in [6.07, 6.45) is 0. The lowest BCUT2D eigenvalue weighted by Crippen LogP contribution is -2.35. The van der Waals surface area contributed by atoms with Crippen LogP contribution in [0.25, 0.3) is 10.4 Å². The summed E-state index contributed by atoms with van der Waals surface area (Å²) >= 11 is 5.63. The van der Waals surface area contributed by atoms with E-state index in [2.05, 4.69) is 72.0 Å². The lowest BCUT2D eigenvalue weighted by molar-refractivity contribution is 1.69. The van der Waals surface area contributed by atoms with E-state index in [9.17, 15) is 0 Å². The number of hydrogen-bond donors (Lipinski definition) is 0. The molecule has 0 radical (unpaired) electrons. The van der Waals surface area contributed by atoms with Gasteiger partial charge in [0.1, 0.15) is 0 Å². The highest BCUT2D eigenvalue weighted by atomic mass is 79.9. The molecule has 0 atom stereocenters. The van der Waals surface area contributed by atoms with Crippen LogP contribution >= 0.6 is 27.3 Å². The Balaban J connectivity index is 2.47. The Morgan fingerprint density at radius 1 is 1.06 bits per heavy atom. The van der Waals surface area contributed by atoms with E-state index in [1.165, 1.54) is 14.9 Å². The molecule has 2 aromatic rings. The smallest absolute Gasteiger partial charge is 0.0919 e. The molecule has 0 unspecified atom stereocenters. The second kappa shape index (κ2) is 4.47. The summed E-state index contributed by atoms with van der Waals surface area (Å²) in [5.74, 6) is 0. The highest BCUT2D eigenvalue weighted by Crippen LogP contribution is 2.30. The molecule has 0 saturated carbocycles. The fourth-order valence-corrected chi connectivity index (χ4v) is 7.18. The van der Waals surface area contributed by atoms with Crippen LogP contribution in [0.5, 0.6) is 0 Å². The van der Waals surface area contributed by atoms with Gasteiger partial charge in [0.15, 0.2) is 0 Å². The van der Waals surface area contributed by atoms with Crippen LogP contribution in [0.3, 0.4) is 0 Å². The zero-order chi connectivity index (χ0) is 11.8. The minimum atomic E-state index is -1.22. The predicted molar refractivity (Wildman–Crippen MR) is 80.4 cm³/mol. The van der Waals surface area contributed by atoms with Gasteiger partial charge in [-0.3, -0.25) is 0 Å². The first kappa shape index (κ1) is 12.1. The first-order valence-electron chi connectivity index (χ1n) is 5.34. The van der Waals surface area contributed by atoms with E-state index in [1.807, 2.05) is 11.3 Å². The number of thiophene rings is 1. The normalized spacial score (nSPS) is 11.8. The lowest BCUT2D eigenvalue weighted by Gasteiger charge is -2.13. The van der Waals surface area contributed by atoms with Crippen molar-refractivity contribution in [3.05, 3.63) is 40.9 Å². The molecule has 0 aliphatic rings. The maximum absolute atomic E-state index is 3.70. The molecule has 84 valence electrons. The molecule has 0 bridgehead atoms. The van der Waals surface area contributed by atoms with Gasteiger partial charge in [0, 0.05) is 13.9 Å². The van der Waals surface area contributed by atoms with Crippen molar-refractivity contribution in [2.75, 3.05) is 0 Å². The first-order valence-corrected chi connectivity index (χ1v) is 10.4. The minimum absolute atomic E-state index is 1.22. The molecule has 0 amide bonds. The van der Waals surface area contributed by atoms with Gasteiger partial charge in [0.05, 0.1) is 8.07 Å². The average molecular weight is 311 g/mol. The van der Waals surface area contributed by atoms with Crippen LogP contribution in [0.4, 0.5) is 0 Å². The van der Waals surface area contributed by atoms with Gasteiger partial charge in [-0.1, -0.05) is 65.9 Å². The Labute approximate surface area is 110 Å². The zero-order valence-electron chi connectivity index (χ0n) is 9.75. The third-order valence-electron chi connectivity index (χ3n) is 2.43. The van der Waals surface area contributed by atoms with E-state index in [1.54, 1.807) is 4.50 Å². The standard InChI is InChI=1S/C13H15BrSSi/c1-16(2,3)13-11(14)9-12(15-13)10-7-5-4-6-8-10/h4-9H,1-3H3. The molecule has 0 fully saturated rings. The monoisotopic (exact) mass is 310 g/mol. The van der Waals surface area contributed by atoms with E-state index in [-0.39, 0.29) is 0 Å². The van der Waals surface area contributed by atoms with E-state index in [4.69, 9.17) is 0 Å². The van der Waals surface area contributed by atoms with Crippen LogP contribution < -0.4 is 4.50 Å². The van der Waals surface area contributed by atoms with Crippen molar-refractivity contribution < 1.29 is 0 Å². The van der Waals surface area contributed by atoms with Crippen LogP contribution in [-0.4, -0.2) is 8.07 Å². The van der Waals surface area contributed by atoms with E-state index in [0.717, 1.165) is 0 Å². The quantitative estimate of drug-likeness (QED) is 0.704. The molecule has 1 aromatic heterocycles. The lowest BCUT2D eigenvalue weighted by atomic mass is 10.2. The number of benzene rings is 1. The highest BCUT2D eigenvalue weighted by Gasteiger charge is 2.22. The molecule has 0 saturated heterocycles. The molecule has 1 aromatic carbocycles. The zero-order valence-corrected chi connectivity index (χ0v) is 13.2. The van der Waals surface area contributed by atoms with Gasteiger partial charge >= 0.3 is 0 Å². The van der Waals surface area contributed by atoms with Gasteiger partial charge < -0.3 is 0 Å². The van der Waals surface area contributed by atoms with Crippen LogP contribution in [0, 0.1) is 0 Å². The minimum Gasteiger partial charge on any atom is -0.144 e. The van der Waals surface area contributed by atoms with E-state index >= 15 is 0 Å². The van der Waals surface area contributed by atoms with Gasteiger partial charge in [-0.15, -0.1) is 11.3 Å². The summed E-state index contributed by atoms with van der Waals surface area (Å²) in [5, 5.41) is 0. The predicted octanol–water partition coefficient (Wildman–Crippen LogP) is 4.72. The third kappa shape index (κ3) is 2.47. The molecule has 0 spiro atoms. The van der Waals surface area contributed by atoms with Crippen molar-refractivity contribution in [1.29, 1.82) is 0 Å². The Bertz CT molecular complexity index is 482. The van der Waals surface area contributed by atoms with Crippen LogP contribution in [0.1, 0.15) is 0 Å². The van der Waals surface area contributed by atoms with Gasteiger partial charge in [-0.2, -0.15) is 0 Å². The Kier molecular flexibility index (Phi) is 3.38. The Morgan fingerprint density at radius 2 is 1.69 bits per heavy atom. The van der Waals surface area contributed by atoms with Gasteiger partial charge in [0.25, 0.3) is 0 Å². The summed E-state index contributed by atoms with van der Waals surface area (Å²) in [5.41, 5.74) is 1.32. The first-order chi connectivity index (χ1) is 7.48. The molecule has 0 aliphatic heterocycles. The van der Waals surface area contributed by atoms with E-state index < -0.39 is 8.07 Å². The number of halogens is 1. The summed E-state index contributed by atoms with van der Waals surface area (Å²) in [6.45, 7) is 7.16. The van der Waals surface area contributed by atoms with Crippen molar-refractivity contribution in [2.24, 2.45) is 0 Å². The van der Waals surface area contributed by atoms with Crippen LogP contribution in [-0.2, 0) is 0 Å². The molecule has 16 heavy (non-hydrogen) atoms. The van der Waals surface area contributed by atoms with Gasteiger partial charge in [-0.05, 0) is 11.6 Å².